The zero-order valence-corrected chi connectivity index (χ0v) is 10.5. The Morgan fingerprint density at radius 1 is 1.29 bits per heavy atom. The predicted octanol–water partition coefficient (Wildman–Crippen LogP) is 3.01. The summed E-state index contributed by atoms with van der Waals surface area (Å²) >= 11 is 0. The Hall–Kier alpha value is -1.93. The lowest BCUT2D eigenvalue weighted by molar-refractivity contribution is 0.382. The standard InChI is InChI=1S/C15H18N2/c1-3-4-10-15(17(2)13-16)12-11-14-8-6-5-7-9-14/h5-9,15H,3-4,10H2,1-2H3. The first-order valence-corrected chi connectivity index (χ1v) is 5.97. The second-order valence-corrected chi connectivity index (χ2v) is 4.00. The molecule has 0 heterocycles. The molecule has 0 fully saturated rings. The summed E-state index contributed by atoms with van der Waals surface area (Å²) in [6.45, 7) is 2.15. The highest BCUT2D eigenvalue weighted by Crippen LogP contribution is 2.06. The van der Waals surface area contributed by atoms with E-state index in [0.29, 0.717) is 0 Å². The first-order valence-electron chi connectivity index (χ1n) is 5.97. The van der Waals surface area contributed by atoms with Crippen LogP contribution < -0.4 is 0 Å². The van der Waals surface area contributed by atoms with E-state index in [1.54, 1.807) is 11.9 Å². The lowest BCUT2D eigenvalue weighted by Gasteiger charge is -2.17. The summed E-state index contributed by atoms with van der Waals surface area (Å²) in [5.74, 6) is 6.30. The lowest BCUT2D eigenvalue weighted by Crippen LogP contribution is -2.25. The van der Waals surface area contributed by atoms with E-state index < -0.39 is 0 Å². The fourth-order valence-corrected chi connectivity index (χ4v) is 1.52. The van der Waals surface area contributed by atoms with Gasteiger partial charge in [0.2, 0.25) is 0 Å². The first-order chi connectivity index (χ1) is 8.27. The third-order valence-corrected chi connectivity index (χ3v) is 2.61. The molecule has 1 unspecified atom stereocenters. The van der Waals surface area contributed by atoms with Gasteiger partial charge in [0, 0.05) is 12.6 Å². The van der Waals surface area contributed by atoms with Crippen LogP contribution in [0.25, 0.3) is 0 Å². The van der Waals surface area contributed by atoms with Gasteiger partial charge < -0.3 is 0 Å². The Morgan fingerprint density at radius 3 is 2.59 bits per heavy atom. The van der Waals surface area contributed by atoms with Gasteiger partial charge in [-0.2, -0.15) is 5.26 Å². The first kappa shape index (κ1) is 13.1. The molecule has 0 aromatic heterocycles. The van der Waals surface area contributed by atoms with Crippen molar-refractivity contribution in [3.63, 3.8) is 0 Å². The maximum absolute atomic E-state index is 8.91. The molecule has 2 nitrogen and oxygen atoms in total. The van der Waals surface area contributed by atoms with E-state index in [-0.39, 0.29) is 6.04 Å². The Labute approximate surface area is 104 Å². The molecule has 1 aromatic carbocycles. The molecule has 0 amide bonds. The van der Waals surface area contributed by atoms with Gasteiger partial charge in [-0.15, -0.1) is 0 Å². The third-order valence-electron chi connectivity index (χ3n) is 2.61. The van der Waals surface area contributed by atoms with Crippen LogP contribution in [0.2, 0.25) is 0 Å². The summed E-state index contributed by atoms with van der Waals surface area (Å²) in [4.78, 5) is 1.63. The fourth-order valence-electron chi connectivity index (χ4n) is 1.52. The van der Waals surface area contributed by atoms with Crippen LogP contribution in [0.4, 0.5) is 0 Å². The maximum Gasteiger partial charge on any atom is 0.180 e. The Kier molecular flexibility index (Phi) is 5.69. The number of benzene rings is 1. The smallest absolute Gasteiger partial charge is 0.180 e. The van der Waals surface area contributed by atoms with Crippen LogP contribution in [0.1, 0.15) is 31.7 Å². The molecule has 0 aliphatic heterocycles. The van der Waals surface area contributed by atoms with Crippen LogP contribution in [0.5, 0.6) is 0 Å². The number of nitriles is 1. The van der Waals surface area contributed by atoms with Crippen molar-refractivity contribution in [1.29, 1.82) is 5.26 Å². The third kappa shape index (κ3) is 4.62. The molecule has 0 saturated carbocycles. The Morgan fingerprint density at radius 2 is 2.00 bits per heavy atom. The molecular weight excluding hydrogens is 208 g/mol. The normalized spacial score (nSPS) is 10.9. The minimum Gasteiger partial charge on any atom is -0.299 e. The molecule has 0 saturated heterocycles. The molecule has 1 rings (SSSR count). The van der Waals surface area contributed by atoms with E-state index >= 15 is 0 Å². The minimum absolute atomic E-state index is 0.0279. The number of hydrogen-bond donors (Lipinski definition) is 0. The molecule has 0 radical (unpaired) electrons. The van der Waals surface area contributed by atoms with E-state index in [1.165, 1.54) is 0 Å². The van der Waals surface area contributed by atoms with E-state index in [0.717, 1.165) is 24.8 Å². The molecule has 0 spiro atoms. The van der Waals surface area contributed by atoms with Crippen LogP contribution in [0.15, 0.2) is 30.3 Å². The second kappa shape index (κ2) is 7.36. The molecule has 0 aliphatic rings. The van der Waals surface area contributed by atoms with Gasteiger partial charge in [-0.3, -0.25) is 4.90 Å². The van der Waals surface area contributed by atoms with Crippen LogP contribution in [0.3, 0.4) is 0 Å². The van der Waals surface area contributed by atoms with Gasteiger partial charge in [0.15, 0.2) is 6.19 Å². The summed E-state index contributed by atoms with van der Waals surface area (Å²) in [6, 6.07) is 9.91. The average molecular weight is 226 g/mol. The van der Waals surface area contributed by atoms with Crippen LogP contribution in [-0.4, -0.2) is 18.0 Å². The molecule has 2 heteroatoms. The van der Waals surface area contributed by atoms with Crippen molar-refractivity contribution in [1.82, 2.24) is 4.90 Å². The lowest BCUT2D eigenvalue weighted by atomic mass is 10.1. The van der Waals surface area contributed by atoms with Crippen LogP contribution in [0, 0.1) is 23.3 Å². The van der Waals surface area contributed by atoms with Crippen LogP contribution >= 0.6 is 0 Å². The van der Waals surface area contributed by atoms with E-state index in [4.69, 9.17) is 5.26 Å². The summed E-state index contributed by atoms with van der Waals surface area (Å²) in [7, 11) is 1.79. The van der Waals surface area contributed by atoms with E-state index in [9.17, 15) is 0 Å². The summed E-state index contributed by atoms with van der Waals surface area (Å²) in [6.07, 6.45) is 5.31. The molecule has 88 valence electrons. The van der Waals surface area contributed by atoms with Gasteiger partial charge in [0.1, 0.15) is 0 Å². The van der Waals surface area contributed by atoms with Crippen molar-refractivity contribution in [2.45, 2.75) is 32.2 Å². The van der Waals surface area contributed by atoms with Gasteiger partial charge in [0.25, 0.3) is 0 Å². The molecule has 0 aliphatic carbocycles. The topological polar surface area (TPSA) is 27.0 Å². The molecule has 1 atom stereocenters. The number of unbranched alkanes of at least 4 members (excludes halogenated alkanes) is 1. The van der Waals surface area contributed by atoms with Crippen molar-refractivity contribution < 1.29 is 0 Å². The highest BCUT2D eigenvalue weighted by Gasteiger charge is 2.08. The van der Waals surface area contributed by atoms with Gasteiger partial charge in [-0.05, 0) is 18.6 Å². The van der Waals surface area contributed by atoms with Crippen molar-refractivity contribution in [3.8, 4) is 18.0 Å². The molecule has 17 heavy (non-hydrogen) atoms. The number of rotatable bonds is 4. The molecule has 0 bridgehead atoms. The maximum atomic E-state index is 8.91. The molecular formula is C15H18N2. The van der Waals surface area contributed by atoms with Gasteiger partial charge in [-0.1, -0.05) is 49.8 Å². The van der Waals surface area contributed by atoms with Crippen molar-refractivity contribution in [2.75, 3.05) is 7.05 Å². The Balaban J connectivity index is 2.73. The highest BCUT2D eigenvalue weighted by molar-refractivity contribution is 5.34. The molecule has 1 aromatic rings. The van der Waals surface area contributed by atoms with Gasteiger partial charge >= 0.3 is 0 Å². The SMILES string of the molecule is CCCCC(C#Cc1ccccc1)N(C)C#N. The van der Waals surface area contributed by atoms with Crippen LogP contribution in [-0.2, 0) is 0 Å². The highest BCUT2D eigenvalue weighted by atomic mass is 15.1. The summed E-state index contributed by atoms with van der Waals surface area (Å²) in [5.41, 5.74) is 1.00. The Bertz CT molecular complexity index is 420. The van der Waals surface area contributed by atoms with Gasteiger partial charge in [-0.25, -0.2) is 0 Å². The predicted molar refractivity (Wildman–Crippen MR) is 70.0 cm³/mol. The fraction of sp³-hybridized carbons (Fsp3) is 0.400. The largest absolute Gasteiger partial charge is 0.299 e. The summed E-state index contributed by atoms with van der Waals surface area (Å²) < 4.78 is 0. The number of nitrogens with zero attached hydrogens (tertiary/aromatic N) is 2. The zero-order valence-electron chi connectivity index (χ0n) is 10.5. The second-order valence-electron chi connectivity index (χ2n) is 4.00. The van der Waals surface area contributed by atoms with E-state index in [2.05, 4.69) is 25.0 Å². The minimum atomic E-state index is 0.0279. The van der Waals surface area contributed by atoms with E-state index in [1.807, 2.05) is 30.3 Å². The van der Waals surface area contributed by atoms with Crippen molar-refractivity contribution in [3.05, 3.63) is 35.9 Å². The van der Waals surface area contributed by atoms with Gasteiger partial charge in [0.05, 0.1) is 6.04 Å². The van der Waals surface area contributed by atoms with Crippen molar-refractivity contribution in [2.24, 2.45) is 0 Å². The summed E-state index contributed by atoms with van der Waals surface area (Å²) in [5, 5.41) is 8.91. The average Bonchev–Trinajstić information content (AvgIpc) is 2.39. The quantitative estimate of drug-likeness (QED) is 0.448. The zero-order chi connectivity index (χ0) is 12.5. The monoisotopic (exact) mass is 226 g/mol. The molecule has 0 N–H and O–H groups in total. The number of hydrogen-bond acceptors (Lipinski definition) is 2. The van der Waals surface area contributed by atoms with Crippen molar-refractivity contribution >= 4 is 0 Å².